The number of nitrogens with two attached hydrogens (primary N) is 1. The molecule has 1 unspecified atom stereocenters. The smallest absolute Gasteiger partial charge is 0.284 e. The van der Waals surface area contributed by atoms with Gasteiger partial charge in [-0.2, -0.15) is 0 Å². The van der Waals surface area contributed by atoms with E-state index >= 15 is 0 Å². The number of hydrogen-bond donors (Lipinski definition) is 2. The van der Waals surface area contributed by atoms with E-state index in [0.29, 0.717) is 17.8 Å². The molecule has 2 aliphatic rings. The van der Waals surface area contributed by atoms with Crippen molar-refractivity contribution < 1.29 is 4.79 Å². The SMILES string of the molecule is NC(=O)c1nc2cccc3c2n1C(C1CCNCC1)CC3. The van der Waals surface area contributed by atoms with Crippen LogP contribution in [-0.4, -0.2) is 28.5 Å². The average Bonchev–Trinajstić information content (AvgIpc) is 2.91. The molecule has 1 saturated heterocycles. The summed E-state index contributed by atoms with van der Waals surface area (Å²) in [6.45, 7) is 2.12. The predicted octanol–water partition coefficient (Wildman–Crippen LogP) is 1.62. The maximum absolute atomic E-state index is 11.8. The van der Waals surface area contributed by atoms with Gasteiger partial charge in [0.15, 0.2) is 5.82 Å². The highest BCUT2D eigenvalue weighted by molar-refractivity contribution is 5.94. The molecule has 0 saturated carbocycles. The van der Waals surface area contributed by atoms with Gasteiger partial charge in [0, 0.05) is 6.04 Å². The molecule has 21 heavy (non-hydrogen) atoms. The Hall–Kier alpha value is -1.88. The van der Waals surface area contributed by atoms with Gasteiger partial charge >= 0.3 is 0 Å². The van der Waals surface area contributed by atoms with Crippen LogP contribution in [0.3, 0.4) is 0 Å². The quantitative estimate of drug-likeness (QED) is 0.880. The average molecular weight is 284 g/mol. The minimum atomic E-state index is -0.419. The number of aromatic nitrogens is 2. The minimum absolute atomic E-state index is 0.356. The normalized spacial score (nSPS) is 22.6. The van der Waals surface area contributed by atoms with E-state index in [4.69, 9.17) is 5.73 Å². The molecular formula is C16H20N4O. The highest BCUT2D eigenvalue weighted by Crippen LogP contribution is 2.39. The van der Waals surface area contributed by atoms with Crippen molar-refractivity contribution in [2.45, 2.75) is 31.7 Å². The first kappa shape index (κ1) is 12.8. The Morgan fingerprint density at radius 1 is 1.29 bits per heavy atom. The summed E-state index contributed by atoms with van der Waals surface area (Å²) in [7, 11) is 0. The van der Waals surface area contributed by atoms with Gasteiger partial charge in [0.1, 0.15) is 0 Å². The van der Waals surface area contributed by atoms with Gasteiger partial charge in [-0.25, -0.2) is 4.98 Å². The van der Waals surface area contributed by atoms with Gasteiger partial charge in [0.2, 0.25) is 0 Å². The summed E-state index contributed by atoms with van der Waals surface area (Å²) in [5.74, 6) is 0.619. The van der Waals surface area contributed by atoms with E-state index in [1.54, 1.807) is 0 Å². The van der Waals surface area contributed by atoms with Crippen LogP contribution in [0.1, 0.15) is 41.5 Å². The van der Waals surface area contributed by atoms with Crippen molar-refractivity contribution >= 4 is 16.9 Å². The van der Waals surface area contributed by atoms with E-state index in [1.807, 2.05) is 12.1 Å². The lowest BCUT2D eigenvalue weighted by molar-refractivity contribution is 0.0979. The Kier molecular flexibility index (Phi) is 2.96. The Balaban J connectivity index is 1.89. The van der Waals surface area contributed by atoms with Crippen LogP contribution in [0, 0.1) is 5.92 Å². The lowest BCUT2D eigenvalue weighted by atomic mass is 9.84. The fourth-order valence-corrected chi connectivity index (χ4v) is 4.03. The van der Waals surface area contributed by atoms with Crippen LogP contribution in [0.5, 0.6) is 0 Å². The zero-order valence-electron chi connectivity index (χ0n) is 12.0. The third kappa shape index (κ3) is 1.95. The molecule has 4 rings (SSSR count). The van der Waals surface area contributed by atoms with Gasteiger partial charge in [0.25, 0.3) is 5.91 Å². The number of amides is 1. The van der Waals surface area contributed by atoms with Crippen LogP contribution in [0.15, 0.2) is 18.2 Å². The second-order valence-electron chi connectivity index (χ2n) is 6.15. The van der Waals surface area contributed by atoms with Gasteiger partial charge in [-0.1, -0.05) is 12.1 Å². The van der Waals surface area contributed by atoms with Crippen LogP contribution in [0.2, 0.25) is 0 Å². The number of benzene rings is 1. The lowest BCUT2D eigenvalue weighted by Crippen LogP contribution is -2.35. The van der Waals surface area contributed by atoms with E-state index < -0.39 is 5.91 Å². The zero-order chi connectivity index (χ0) is 14.4. The fourth-order valence-electron chi connectivity index (χ4n) is 4.03. The molecule has 0 aliphatic carbocycles. The monoisotopic (exact) mass is 284 g/mol. The molecule has 110 valence electrons. The van der Waals surface area contributed by atoms with Crippen LogP contribution in [-0.2, 0) is 6.42 Å². The van der Waals surface area contributed by atoms with Gasteiger partial charge < -0.3 is 15.6 Å². The van der Waals surface area contributed by atoms with Crippen molar-refractivity contribution in [3.8, 4) is 0 Å². The third-order valence-electron chi connectivity index (χ3n) is 4.98. The zero-order valence-corrected chi connectivity index (χ0v) is 12.0. The number of nitrogens with one attached hydrogen (secondary N) is 1. The standard InChI is InChI=1S/C16H20N4O/c17-15(21)16-19-12-3-1-2-11-4-5-13(20(16)14(11)12)10-6-8-18-9-7-10/h1-3,10,13,18H,4-9H2,(H2,17,21). The van der Waals surface area contributed by atoms with Crippen molar-refractivity contribution in [1.29, 1.82) is 0 Å². The summed E-state index contributed by atoms with van der Waals surface area (Å²) in [6.07, 6.45) is 4.46. The maximum Gasteiger partial charge on any atom is 0.284 e. The number of rotatable bonds is 2. The topological polar surface area (TPSA) is 72.9 Å². The van der Waals surface area contributed by atoms with Crippen molar-refractivity contribution in [3.05, 3.63) is 29.6 Å². The van der Waals surface area contributed by atoms with E-state index in [0.717, 1.165) is 49.8 Å². The van der Waals surface area contributed by atoms with Crippen molar-refractivity contribution in [1.82, 2.24) is 14.9 Å². The summed E-state index contributed by atoms with van der Waals surface area (Å²) in [4.78, 5) is 16.3. The second-order valence-corrected chi connectivity index (χ2v) is 6.15. The molecule has 5 nitrogen and oxygen atoms in total. The van der Waals surface area contributed by atoms with Gasteiger partial charge in [-0.05, 0) is 56.3 Å². The Morgan fingerprint density at radius 3 is 2.86 bits per heavy atom. The summed E-state index contributed by atoms with van der Waals surface area (Å²) >= 11 is 0. The van der Waals surface area contributed by atoms with Crippen LogP contribution in [0.25, 0.3) is 11.0 Å². The molecule has 0 spiro atoms. The first-order valence-electron chi connectivity index (χ1n) is 7.76. The molecular weight excluding hydrogens is 264 g/mol. The molecule has 1 fully saturated rings. The molecule has 3 heterocycles. The molecule has 2 aliphatic heterocycles. The van der Waals surface area contributed by atoms with Crippen LogP contribution in [0.4, 0.5) is 0 Å². The highest BCUT2D eigenvalue weighted by Gasteiger charge is 2.32. The number of carbonyl (C=O) groups excluding carboxylic acids is 1. The molecule has 5 heteroatoms. The van der Waals surface area contributed by atoms with E-state index in [1.165, 1.54) is 5.56 Å². The van der Waals surface area contributed by atoms with Crippen molar-refractivity contribution in [2.24, 2.45) is 11.7 Å². The van der Waals surface area contributed by atoms with Gasteiger partial charge in [-0.15, -0.1) is 0 Å². The molecule has 0 bridgehead atoms. The van der Waals surface area contributed by atoms with Crippen LogP contribution >= 0.6 is 0 Å². The molecule has 1 atom stereocenters. The van der Waals surface area contributed by atoms with E-state index in [2.05, 4.69) is 20.9 Å². The molecule has 3 N–H and O–H groups in total. The van der Waals surface area contributed by atoms with E-state index in [-0.39, 0.29) is 0 Å². The number of primary amides is 1. The Labute approximate surface area is 123 Å². The molecule has 1 amide bonds. The van der Waals surface area contributed by atoms with Gasteiger partial charge in [0.05, 0.1) is 11.0 Å². The third-order valence-corrected chi connectivity index (χ3v) is 4.98. The van der Waals surface area contributed by atoms with Gasteiger partial charge in [-0.3, -0.25) is 4.79 Å². The first-order chi connectivity index (χ1) is 10.3. The van der Waals surface area contributed by atoms with Crippen LogP contribution < -0.4 is 11.1 Å². The minimum Gasteiger partial charge on any atom is -0.363 e. The first-order valence-corrected chi connectivity index (χ1v) is 7.76. The number of hydrogen-bond acceptors (Lipinski definition) is 3. The lowest BCUT2D eigenvalue weighted by Gasteiger charge is -2.35. The molecule has 1 aromatic heterocycles. The summed E-state index contributed by atoms with van der Waals surface area (Å²) in [5, 5.41) is 3.41. The Morgan fingerprint density at radius 2 is 2.10 bits per heavy atom. The summed E-state index contributed by atoms with van der Waals surface area (Å²) in [6, 6.07) is 6.50. The van der Waals surface area contributed by atoms with E-state index in [9.17, 15) is 4.79 Å². The number of imidazole rings is 1. The highest BCUT2D eigenvalue weighted by atomic mass is 16.1. The Bertz CT molecular complexity index is 700. The number of carbonyl (C=O) groups is 1. The molecule has 1 aromatic carbocycles. The maximum atomic E-state index is 11.8. The number of para-hydroxylation sites is 1. The second kappa shape index (κ2) is 4.84. The number of aryl methyl sites for hydroxylation is 1. The van der Waals surface area contributed by atoms with Crippen molar-refractivity contribution in [3.63, 3.8) is 0 Å². The number of piperidine rings is 1. The molecule has 2 aromatic rings. The van der Waals surface area contributed by atoms with Crippen molar-refractivity contribution in [2.75, 3.05) is 13.1 Å². The summed E-state index contributed by atoms with van der Waals surface area (Å²) in [5.41, 5.74) is 8.90. The fraction of sp³-hybridized carbons (Fsp3) is 0.500. The number of nitrogens with zero attached hydrogens (tertiary/aromatic N) is 2. The summed E-state index contributed by atoms with van der Waals surface area (Å²) < 4.78 is 2.15. The largest absolute Gasteiger partial charge is 0.363 e. The predicted molar refractivity (Wildman–Crippen MR) is 81.2 cm³/mol. The molecule has 0 radical (unpaired) electrons.